The fourth-order valence-corrected chi connectivity index (χ4v) is 2.19. The first-order valence-electron chi connectivity index (χ1n) is 7.34. The molecule has 2 aromatic rings. The van der Waals surface area contributed by atoms with Crippen LogP contribution in [0.3, 0.4) is 0 Å². The molecule has 0 aromatic heterocycles. The van der Waals surface area contributed by atoms with Gasteiger partial charge >= 0.3 is 0 Å². The van der Waals surface area contributed by atoms with Gasteiger partial charge in [-0.3, -0.25) is 4.79 Å². The third-order valence-electron chi connectivity index (χ3n) is 3.49. The van der Waals surface area contributed by atoms with Crippen LogP contribution < -0.4 is 14.8 Å². The maximum Gasteiger partial charge on any atom is 0.220 e. The predicted molar refractivity (Wildman–Crippen MR) is 86.1 cm³/mol. The second-order valence-corrected chi connectivity index (χ2v) is 5.09. The van der Waals surface area contributed by atoms with E-state index in [-0.39, 0.29) is 18.3 Å². The number of methoxy groups -OCH3 is 2. The first-order chi connectivity index (χ1) is 11.1. The third kappa shape index (κ3) is 4.98. The van der Waals surface area contributed by atoms with Crippen molar-refractivity contribution in [2.45, 2.75) is 19.4 Å². The summed E-state index contributed by atoms with van der Waals surface area (Å²) in [6, 6.07) is 11.9. The lowest BCUT2D eigenvalue weighted by molar-refractivity contribution is -0.121. The molecule has 0 atom stereocenters. The van der Waals surface area contributed by atoms with Crippen LogP contribution in [0.15, 0.2) is 42.5 Å². The highest BCUT2D eigenvalue weighted by Crippen LogP contribution is 2.23. The van der Waals surface area contributed by atoms with Crippen molar-refractivity contribution in [1.29, 1.82) is 0 Å². The monoisotopic (exact) mass is 317 g/mol. The van der Waals surface area contributed by atoms with Crippen molar-refractivity contribution in [3.05, 3.63) is 59.4 Å². The summed E-state index contributed by atoms with van der Waals surface area (Å²) < 4.78 is 23.9. The second-order valence-electron chi connectivity index (χ2n) is 5.09. The summed E-state index contributed by atoms with van der Waals surface area (Å²) in [7, 11) is 3.17. The minimum Gasteiger partial charge on any atom is -0.497 e. The number of rotatable bonds is 7. The molecular formula is C18H20FNO3. The van der Waals surface area contributed by atoms with Crippen LogP contribution in [-0.4, -0.2) is 20.1 Å². The number of halogens is 1. The molecule has 0 radical (unpaired) electrons. The van der Waals surface area contributed by atoms with Crippen LogP contribution in [0.1, 0.15) is 17.5 Å². The summed E-state index contributed by atoms with van der Waals surface area (Å²) in [6.07, 6.45) is 0.863. The van der Waals surface area contributed by atoms with Crippen molar-refractivity contribution in [2.75, 3.05) is 14.2 Å². The molecule has 0 fully saturated rings. The summed E-state index contributed by atoms with van der Waals surface area (Å²) in [5.41, 5.74) is 1.42. The smallest absolute Gasteiger partial charge is 0.220 e. The van der Waals surface area contributed by atoms with E-state index in [0.29, 0.717) is 29.9 Å². The van der Waals surface area contributed by atoms with Crippen LogP contribution in [-0.2, 0) is 17.8 Å². The lowest BCUT2D eigenvalue weighted by Gasteiger charge is -2.09. The van der Waals surface area contributed by atoms with E-state index >= 15 is 0 Å². The molecule has 1 amide bonds. The van der Waals surface area contributed by atoms with E-state index in [0.717, 1.165) is 5.56 Å². The molecule has 1 N–H and O–H groups in total. The molecule has 0 aliphatic rings. The van der Waals surface area contributed by atoms with Crippen LogP contribution in [0.25, 0.3) is 0 Å². The number of hydrogen-bond acceptors (Lipinski definition) is 3. The Bertz CT molecular complexity index is 651. The van der Waals surface area contributed by atoms with Crippen LogP contribution in [0.5, 0.6) is 11.5 Å². The molecule has 0 unspecified atom stereocenters. The van der Waals surface area contributed by atoms with Crippen LogP contribution >= 0.6 is 0 Å². The Kier molecular flexibility index (Phi) is 5.97. The van der Waals surface area contributed by atoms with Gasteiger partial charge in [0.1, 0.15) is 17.3 Å². The van der Waals surface area contributed by atoms with Crippen molar-refractivity contribution in [1.82, 2.24) is 5.32 Å². The largest absolute Gasteiger partial charge is 0.497 e. The van der Waals surface area contributed by atoms with Crippen molar-refractivity contribution in [2.24, 2.45) is 0 Å². The molecule has 0 aliphatic heterocycles. The van der Waals surface area contributed by atoms with Gasteiger partial charge in [-0.15, -0.1) is 0 Å². The number of amides is 1. The minimum absolute atomic E-state index is 0.130. The van der Waals surface area contributed by atoms with Gasteiger partial charge in [0.25, 0.3) is 0 Å². The number of ether oxygens (including phenoxy) is 2. The zero-order valence-electron chi connectivity index (χ0n) is 13.3. The Morgan fingerprint density at radius 2 is 1.74 bits per heavy atom. The van der Waals surface area contributed by atoms with Gasteiger partial charge in [-0.1, -0.05) is 18.2 Å². The lowest BCUT2D eigenvalue weighted by atomic mass is 10.1. The van der Waals surface area contributed by atoms with Gasteiger partial charge in [0, 0.05) is 24.6 Å². The van der Waals surface area contributed by atoms with Gasteiger partial charge in [-0.05, 0) is 30.2 Å². The molecule has 0 aliphatic carbocycles. The first-order valence-corrected chi connectivity index (χ1v) is 7.34. The van der Waals surface area contributed by atoms with E-state index in [1.54, 1.807) is 38.5 Å². The average molecular weight is 317 g/mol. The van der Waals surface area contributed by atoms with Gasteiger partial charge in [0.2, 0.25) is 5.91 Å². The third-order valence-corrected chi connectivity index (χ3v) is 3.49. The normalized spacial score (nSPS) is 10.2. The summed E-state index contributed by atoms with van der Waals surface area (Å²) >= 11 is 0. The number of carbonyl (C=O) groups is 1. The number of aryl methyl sites for hydroxylation is 1. The fourth-order valence-electron chi connectivity index (χ4n) is 2.19. The molecule has 23 heavy (non-hydrogen) atoms. The molecule has 5 heteroatoms. The number of hydrogen-bond donors (Lipinski definition) is 1. The molecule has 0 saturated heterocycles. The molecular weight excluding hydrogens is 297 g/mol. The summed E-state index contributed by atoms with van der Waals surface area (Å²) in [5.74, 6) is 0.928. The zero-order valence-corrected chi connectivity index (χ0v) is 13.3. The van der Waals surface area contributed by atoms with Crippen molar-refractivity contribution in [3.8, 4) is 11.5 Å². The van der Waals surface area contributed by atoms with Crippen LogP contribution in [0.4, 0.5) is 4.39 Å². The highest BCUT2D eigenvalue weighted by Gasteiger charge is 2.07. The number of carbonyl (C=O) groups excluding carboxylic acids is 1. The maximum absolute atomic E-state index is 13.5. The summed E-state index contributed by atoms with van der Waals surface area (Å²) in [5, 5.41) is 2.73. The Morgan fingerprint density at radius 3 is 2.35 bits per heavy atom. The Labute approximate surface area is 135 Å². The van der Waals surface area contributed by atoms with Gasteiger partial charge < -0.3 is 14.8 Å². The minimum atomic E-state index is -0.315. The number of nitrogens with one attached hydrogen (secondary N) is 1. The highest BCUT2D eigenvalue weighted by atomic mass is 19.1. The average Bonchev–Trinajstić information content (AvgIpc) is 2.58. The van der Waals surface area contributed by atoms with Crippen molar-refractivity contribution in [3.63, 3.8) is 0 Å². The molecule has 0 bridgehead atoms. The van der Waals surface area contributed by atoms with Gasteiger partial charge in [0.15, 0.2) is 0 Å². The molecule has 0 saturated carbocycles. The van der Waals surface area contributed by atoms with Gasteiger partial charge in [0.05, 0.1) is 14.2 Å². The molecule has 0 heterocycles. The molecule has 0 spiro atoms. The van der Waals surface area contributed by atoms with Crippen LogP contribution in [0.2, 0.25) is 0 Å². The van der Waals surface area contributed by atoms with Crippen LogP contribution in [0, 0.1) is 5.82 Å². The summed E-state index contributed by atoms with van der Waals surface area (Å²) in [4.78, 5) is 11.9. The highest BCUT2D eigenvalue weighted by molar-refractivity contribution is 5.76. The standard InChI is InChI=1S/C18H20FNO3/c1-22-15-9-13(10-16(11-15)23-2)7-8-18(21)20-12-14-5-3-4-6-17(14)19/h3-6,9-11H,7-8,12H2,1-2H3,(H,20,21). The molecule has 4 nitrogen and oxygen atoms in total. The van der Waals surface area contributed by atoms with E-state index in [2.05, 4.69) is 5.32 Å². The van der Waals surface area contributed by atoms with Gasteiger partial charge in [-0.25, -0.2) is 4.39 Å². The SMILES string of the molecule is COc1cc(CCC(=O)NCc2ccccc2F)cc(OC)c1. The Hall–Kier alpha value is -2.56. The van der Waals surface area contributed by atoms with Crippen molar-refractivity contribution < 1.29 is 18.7 Å². The van der Waals surface area contributed by atoms with E-state index in [9.17, 15) is 9.18 Å². The molecule has 2 aromatic carbocycles. The van der Waals surface area contributed by atoms with Gasteiger partial charge in [-0.2, -0.15) is 0 Å². The predicted octanol–water partition coefficient (Wildman–Crippen LogP) is 3.09. The fraction of sp³-hybridized carbons (Fsp3) is 0.278. The van der Waals surface area contributed by atoms with E-state index in [1.165, 1.54) is 6.07 Å². The Balaban J connectivity index is 1.88. The molecule has 122 valence electrons. The van der Waals surface area contributed by atoms with Crippen molar-refractivity contribution >= 4 is 5.91 Å². The maximum atomic E-state index is 13.5. The Morgan fingerprint density at radius 1 is 1.09 bits per heavy atom. The van der Waals surface area contributed by atoms with E-state index < -0.39 is 0 Å². The van der Waals surface area contributed by atoms with E-state index in [1.807, 2.05) is 12.1 Å². The first kappa shape index (κ1) is 16.8. The quantitative estimate of drug-likeness (QED) is 0.853. The summed E-state index contributed by atoms with van der Waals surface area (Å²) in [6.45, 7) is 0.187. The van der Waals surface area contributed by atoms with E-state index in [4.69, 9.17) is 9.47 Å². The second kappa shape index (κ2) is 8.17. The number of benzene rings is 2. The zero-order chi connectivity index (χ0) is 16.7. The molecule has 2 rings (SSSR count). The lowest BCUT2D eigenvalue weighted by Crippen LogP contribution is -2.23. The topological polar surface area (TPSA) is 47.6 Å².